The first-order valence-corrected chi connectivity index (χ1v) is 13.2. The van der Waals surface area contributed by atoms with Gasteiger partial charge in [-0.3, -0.25) is 9.59 Å². The lowest BCUT2D eigenvalue weighted by molar-refractivity contribution is -0.133. The fourth-order valence-corrected chi connectivity index (χ4v) is 5.15. The Morgan fingerprint density at radius 3 is 2.37 bits per heavy atom. The van der Waals surface area contributed by atoms with Gasteiger partial charge < -0.3 is 19.9 Å². The molecule has 3 heterocycles. The van der Waals surface area contributed by atoms with Gasteiger partial charge in [-0.15, -0.1) is 5.10 Å². The molecule has 2 aliphatic heterocycles. The molecule has 3 aromatic rings. The largest absolute Gasteiger partial charge is 0.448 e. The highest BCUT2D eigenvalue weighted by Crippen LogP contribution is 2.32. The third-order valence-electron chi connectivity index (χ3n) is 7.28. The van der Waals surface area contributed by atoms with Crippen LogP contribution in [0.3, 0.4) is 0 Å². The Labute approximate surface area is 222 Å². The number of amides is 2. The second kappa shape index (κ2) is 11.1. The zero-order valence-corrected chi connectivity index (χ0v) is 21.9. The van der Waals surface area contributed by atoms with Gasteiger partial charge >= 0.3 is 6.09 Å². The summed E-state index contributed by atoms with van der Waals surface area (Å²) in [5.74, 6) is -0.469. The molecule has 9 heteroatoms. The van der Waals surface area contributed by atoms with Gasteiger partial charge in [-0.1, -0.05) is 30.3 Å². The van der Waals surface area contributed by atoms with Crippen molar-refractivity contribution in [3.63, 3.8) is 0 Å². The molecule has 5 rings (SSSR count). The maximum absolute atomic E-state index is 13.3. The zero-order chi connectivity index (χ0) is 26.6. The van der Waals surface area contributed by atoms with E-state index < -0.39 is 6.09 Å². The molecule has 2 amide bonds. The molecule has 2 aliphatic rings. The quantitative estimate of drug-likeness (QED) is 0.508. The molecule has 1 N–H and O–H groups in total. The number of anilines is 2. The molecule has 1 atom stereocenters. The van der Waals surface area contributed by atoms with Crippen LogP contribution in [0, 0.1) is 0 Å². The molecule has 38 heavy (non-hydrogen) atoms. The first kappa shape index (κ1) is 25.5. The number of ether oxygens (including phenoxy) is 1. The van der Waals surface area contributed by atoms with Gasteiger partial charge in [0, 0.05) is 29.9 Å². The van der Waals surface area contributed by atoms with Crippen molar-refractivity contribution in [2.24, 2.45) is 0 Å². The van der Waals surface area contributed by atoms with E-state index in [0.29, 0.717) is 16.8 Å². The molecule has 198 valence electrons. The average Bonchev–Trinajstić information content (AvgIpc) is 3.54. The van der Waals surface area contributed by atoms with Crippen LogP contribution >= 0.6 is 0 Å². The number of benzene rings is 2. The van der Waals surface area contributed by atoms with Crippen LogP contribution in [0.25, 0.3) is 0 Å². The third-order valence-corrected chi connectivity index (χ3v) is 7.28. The first-order chi connectivity index (χ1) is 18.5. The maximum Gasteiger partial charge on any atom is 0.435 e. The molecule has 0 saturated carbocycles. The van der Waals surface area contributed by atoms with Crippen molar-refractivity contribution < 1.29 is 19.1 Å². The lowest BCUT2D eigenvalue weighted by Crippen LogP contribution is -2.31. The highest BCUT2D eigenvalue weighted by Gasteiger charge is 2.35. The van der Waals surface area contributed by atoms with E-state index in [1.54, 1.807) is 24.0 Å². The van der Waals surface area contributed by atoms with Gasteiger partial charge in [0.25, 0.3) is 5.91 Å². The van der Waals surface area contributed by atoms with Gasteiger partial charge in [0.1, 0.15) is 0 Å². The summed E-state index contributed by atoms with van der Waals surface area (Å²) < 4.78 is 6.34. The Bertz CT molecular complexity index is 1310. The van der Waals surface area contributed by atoms with Crippen molar-refractivity contribution >= 4 is 29.4 Å². The van der Waals surface area contributed by atoms with E-state index in [1.807, 2.05) is 49.4 Å². The molecule has 0 bridgehead atoms. The minimum atomic E-state index is -0.638. The van der Waals surface area contributed by atoms with Crippen molar-refractivity contribution in [1.29, 1.82) is 0 Å². The predicted molar refractivity (Wildman–Crippen MR) is 144 cm³/mol. The van der Waals surface area contributed by atoms with Crippen LogP contribution in [0.5, 0.6) is 0 Å². The molecule has 0 spiro atoms. The number of rotatable bonds is 6. The van der Waals surface area contributed by atoms with E-state index >= 15 is 0 Å². The minimum Gasteiger partial charge on any atom is -0.448 e. The number of carbonyl (C=O) groups is 3. The molecular formula is C29H33N5O4. The molecule has 0 aliphatic carbocycles. The fourth-order valence-electron chi connectivity index (χ4n) is 5.15. The molecule has 1 fully saturated rings. The summed E-state index contributed by atoms with van der Waals surface area (Å²) in [6, 6.07) is 17.1. The number of fused-ring (bicyclic) bond motifs is 1. The van der Waals surface area contributed by atoms with Crippen molar-refractivity contribution in [1.82, 2.24) is 14.7 Å². The lowest BCUT2D eigenvalue weighted by Gasteiger charge is -2.28. The predicted octanol–water partition coefficient (Wildman–Crippen LogP) is 4.78. The van der Waals surface area contributed by atoms with Crippen molar-refractivity contribution in [2.45, 2.75) is 52.1 Å². The number of piperidine rings is 1. The van der Waals surface area contributed by atoms with E-state index in [0.717, 1.165) is 29.0 Å². The molecule has 2 aromatic carbocycles. The summed E-state index contributed by atoms with van der Waals surface area (Å²) in [6.45, 7) is 6.28. The smallest absolute Gasteiger partial charge is 0.435 e. The molecular weight excluding hydrogens is 482 g/mol. The number of nitrogens with zero attached hydrogens (tertiary/aromatic N) is 4. The zero-order valence-electron chi connectivity index (χ0n) is 21.9. The Morgan fingerprint density at radius 2 is 1.68 bits per heavy atom. The van der Waals surface area contributed by atoms with Crippen molar-refractivity contribution in [2.75, 3.05) is 29.9 Å². The minimum absolute atomic E-state index is 0.0617. The monoisotopic (exact) mass is 515 g/mol. The van der Waals surface area contributed by atoms with Crippen LogP contribution < -0.4 is 10.2 Å². The summed E-state index contributed by atoms with van der Waals surface area (Å²) in [6.07, 6.45) is 2.98. The van der Waals surface area contributed by atoms with Crippen LogP contribution in [-0.2, 0) is 22.6 Å². The molecule has 9 nitrogen and oxygen atoms in total. The van der Waals surface area contributed by atoms with Crippen molar-refractivity contribution in [3.05, 3.63) is 77.0 Å². The molecule has 0 radical (unpaired) electrons. The van der Waals surface area contributed by atoms with Crippen LogP contribution in [0.4, 0.5) is 16.3 Å². The van der Waals surface area contributed by atoms with Gasteiger partial charge in [-0.2, -0.15) is 4.68 Å². The molecule has 0 unspecified atom stereocenters. The Morgan fingerprint density at radius 1 is 0.974 bits per heavy atom. The van der Waals surface area contributed by atoms with E-state index in [9.17, 15) is 14.4 Å². The number of hydrogen-bond acceptors (Lipinski definition) is 6. The van der Waals surface area contributed by atoms with Crippen LogP contribution in [0.1, 0.15) is 66.2 Å². The average molecular weight is 516 g/mol. The van der Waals surface area contributed by atoms with E-state index in [2.05, 4.69) is 15.3 Å². The van der Waals surface area contributed by atoms with E-state index in [-0.39, 0.29) is 43.2 Å². The van der Waals surface area contributed by atoms with Crippen LogP contribution in [0.15, 0.2) is 54.6 Å². The number of carbonyl (C=O) groups excluding carboxylic acids is 3. The second-order valence-electron chi connectivity index (χ2n) is 9.76. The van der Waals surface area contributed by atoms with Crippen molar-refractivity contribution in [3.8, 4) is 0 Å². The summed E-state index contributed by atoms with van der Waals surface area (Å²) in [4.78, 5) is 43.1. The summed E-state index contributed by atoms with van der Waals surface area (Å²) in [5.41, 5.74) is 3.71. The Kier molecular flexibility index (Phi) is 7.44. The summed E-state index contributed by atoms with van der Waals surface area (Å²) in [7, 11) is 0. The molecule has 1 saturated heterocycles. The van der Waals surface area contributed by atoms with Crippen LogP contribution in [-0.4, -0.2) is 52.3 Å². The normalized spacial score (nSPS) is 15.6. The second-order valence-corrected chi connectivity index (χ2v) is 9.76. The highest BCUT2D eigenvalue weighted by molar-refractivity contribution is 6.04. The first-order valence-electron chi connectivity index (χ1n) is 13.2. The standard InChI is InChI=1S/C29H33N5O4/c1-3-38-29(37)34-25-19-33(28(36)20(2)21-10-6-4-7-11-21)18-24(25)26(31-34)30-27(35)22-12-14-23(15-13-22)32-16-8-5-9-17-32/h4,6-7,10-15,20H,3,5,8-9,16-19H2,1-2H3,(H,30,31,35)/t20-/m1/s1. The third kappa shape index (κ3) is 5.14. The van der Waals surface area contributed by atoms with Gasteiger partial charge in [-0.05, 0) is 62.9 Å². The highest BCUT2D eigenvalue weighted by atomic mass is 16.6. The maximum atomic E-state index is 13.3. The summed E-state index contributed by atoms with van der Waals surface area (Å²) >= 11 is 0. The Balaban J connectivity index is 1.35. The fraction of sp³-hybridized carbons (Fsp3) is 0.379. The van der Waals surface area contributed by atoms with Gasteiger partial charge in [0.05, 0.1) is 31.3 Å². The topological polar surface area (TPSA) is 96.8 Å². The number of aromatic nitrogens is 2. The van der Waals surface area contributed by atoms with Gasteiger partial charge in [-0.25, -0.2) is 4.79 Å². The van der Waals surface area contributed by atoms with Crippen LogP contribution in [0.2, 0.25) is 0 Å². The van der Waals surface area contributed by atoms with E-state index in [4.69, 9.17) is 4.74 Å². The summed E-state index contributed by atoms with van der Waals surface area (Å²) in [5, 5.41) is 7.23. The number of nitrogens with one attached hydrogen (secondary N) is 1. The SMILES string of the molecule is CCOC(=O)n1nc(NC(=O)c2ccc(N3CCCCC3)cc2)c2c1CN(C(=O)[C@H](C)c1ccccc1)C2. The Hall–Kier alpha value is -4.14. The van der Waals surface area contributed by atoms with E-state index in [1.165, 1.54) is 19.3 Å². The lowest BCUT2D eigenvalue weighted by atomic mass is 10.00. The van der Waals surface area contributed by atoms with Gasteiger partial charge in [0.2, 0.25) is 5.91 Å². The number of hydrogen-bond donors (Lipinski definition) is 1. The molecule has 1 aromatic heterocycles. The van der Waals surface area contributed by atoms with Gasteiger partial charge in [0.15, 0.2) is 5.82 Å².